The van der Waals surface area contributed by atoms with E-state index in [2.05, 4.69) is 17.0 Å². The molecule has 0 spiro atoms. The number of amides is 1. The normalized spacial score (nSPS) is 16.0. The van der Waals surface area contributed by atoms with Crippen LogP contribution in [-0.4, -0.2) is 51.4 Å². The summed E-state index contributed by atoms with van der Waals surface area (Å²) in [5, 5.41) is 3.32. The molecule has 2 N–H and O–H groups in total. The van der Waals surface area contributed by atoms with Gasteiger partial charge in [-0.05, 0) is 57.0 Å². The van der Waals surface area contributed by atoms with Crippen molar-refractivity contribution >= 4 is 15.9 Å². The molecule has 6 nitrogen and oxygen atoms in total. The average molecular weight is 368 g/mol. The number of carbonyl (C=O) groups excluding carboxylic acids is 1. The summed E-state index contributed by atoms with van der Waals surface area (Å²) in [5.41, 5.74) is 1.28. The Morgan fingerprint density at radius 3 is 2.56 bits per heavy atom. The number of sulfonamides is 1. The number of benzene rings is 1. The number of hydrogen-bond donors (Lipinski definition) is 2. The molecule has 140 valence electrons. The topological polar surface area (TPSA) is 78.5 Å². The SMILES string of the molecule is CCCN(C(=O)c1cc(S(=O)(=O)NCC)ccc1C)C1CCNCC1. The fraction of sp³-hybridized carbons (Fsp3) is 0.611. The molecular formula is C18H29N3O3S. The van der Waals surface area contributed by atoms with Gasteiger partial charge in [-0.15, -0.1) is 0 Å². The molecule has 0 aliphatic carbocycles. The highest BCUT2D eigenvalue weighted by molar-refractivity contribution is 7.89. The molecule has 1 saturated heterocycles. The van der Waals surface area contributed by atoms with E-state index in [4.69, 9.17) is 0 Å². The molecule has 0 aromatic heterocycles. The molecule has 0 saturated carbocycles. The standard InChI is InChI=1S/C18H29N3O3S/c1-4-12-21(15-8-10-19-11-9-15)18(22)17-13-16(7-6-14(17)3)25(23,24)20-5-2/h6-7,13,15,19-20H,4-5,8-12H2,1-3H3. The van der Waals surface area contributed by atoms with Crippen LogP contribution in [0.25, 0.3) is 0 Å². The van der Waals surface area contributed by atoms with E-state index in [0.29, 0.717) is 18.7 Å². The summed E-state index contributed by atoms with van der Waals surface area (Å²) >= 11 is 0. The number of rotatable bonds is 7. The van der Waals surface area contributed by atoms with Crippen molar-refractivity contribution in [3.63, 3.8) is 0 Å². The predicted molar refractivity (Wildman–Crippen MR) is 99.3 cm³/mol. The van der Waals surface area contributed by atoms with Crippen molar-refractivity contribution in [3.8, 4) is 0 Å². The lowest BCUT2D eigenvalue weighted by Crippen LogP contribution is -2.46. The fourth-order valence-corrected chi connectivity index (χ4v) is 4.30. The molecule has 25 heavy (non-hydrogen) atoms. The van der Waals surface area contributed by atoms with Gasteiger partial charge in [0.15, 0.2) is 0 Å². The highest BCUT2D eigenvalue weighted by Crippen LogP contribution is 2.21. The van der Waals surface area contributed by atoms with E-state index >= 15 is 0 Å². The zero-order valence-corrected chi connectivity index (χ0v) is 16.2. The lowest BCUT2D eigenvalue weighted by Gasteiger charge is -2.35. The first kappa shape index (κ1) is 19.9. The Hall–Kier alpha value is -1.44. The number of aryl methyl sites for hydroxylation is 1. The van der Waals surface area contributed by atoms with Gasteiger partial charge < -0.3 is 10.2 Å². The molecular weight excluding hydrogens is 338 g/mol. The van der Waals surface area contributed by atoms with Crippen LogP contribution < -0.4 is 10.0 Å². The van der Waals surface area contributed by atoms with E-state index in [9.17, 15) is 13.2 Å². The molecule has 1 aromatic rings. The van der Waals surface area contributed by atoms with Crippen LogP contribution in [0.2, 0.25) is 0 Å². The smallest absolute Gasteiger partial charge is 0.254 e. The van der Waals surface area contributed by atoms with Gasteiger partial charge in [0.2, 0.25) is 10.0 Å². The van der Waals surface area contributed by atoms with E-state index in [1.165, 1.54) is 6.07 Å². The van der Waals surface area contributed by atoms with E-state index in [1.807, 2.05) is 11.8 Å². The molecule has 0 radical (unpaired) electrons. The first-order valence-electron chi connectivity index (χ1n) is 9.02. The van der Waals surface area contributed by atoms with Crippen LogP contribution in [0.4, 0.5) is 0 Å². The van der Waals surface area contributed by atoms with Crippen molar-refractivity contribution < 1.29 is 13.2 Å². The first-order valence-corrected chi connectivity index (χ1v) is 10.5. The van der Waals surface area contributed by atoms with E-state index in [0.717, 1.165) is 37.9 Å². The Labute approximate surface area is 151 Å². The maximum atomic E-state index is 13.2. The van der Waals surface area contributed by atoms with Crippen molar-refractivity contribution in [2.24, 2.45) is 0 Å². The summed E-state index contributed by atoms with van der Waals surface area (Å²) in [6.45, 7) is 8.46. The van der Waals surface area contributed by atoms with E-state index < -0.39 is 10.0 Å². The average Bonchev–Trinajstić information content (AvgIpc) is 2.60. The zero-order valence-electron chi connectivity index (χ0n) is 15.3. The third kappa shape index (κ3) is 4.80. The Bertz CT molecular complexity index is 698. The van der Waals surface area contributed by atoms with Crippen molar-refractivity contribution in [2.45, 2.75) is 51.0 Å². The van der Waals surface area contributed by atoms with Crippen LogP contribution in [0.5, 0.6) is 0 Å². The summed E-state index contributed by atoms with van der Waals surface area (Å²) in [6, 6.07) is 4.99. The maximum absolute atomic E-state index is 13.2. The van der Waals surface area contributed by atoms with Crippen molar-refractivity contribution in [1.82, 2.24) is 14.9 Å². The van der Waals surface area contributed by atoms with Gasteiger partial charge in [-0.3, -0.25) is 4.79 Å². The lowest BCUT2D eigenvalue weighted by molar-refractivity contribution is 0.0641. The van der Waals surface area contributed by atoms with Crippen molar-refractivity contribution in [3.05, 3.63) is 29.3 Å². The van der Waals surface area contributed by atoms with Gasteiger partial charge in [-0.25, -0.2) is 13.1 Å². The highest BCUT2D eigenvalue weighted by atomic mass is 32.2. The van der Waals surface area contributed by atoms with Gasteiger partial charge in [0.05, 0.1) is 4.90 Å². The van der Waals surface area contributed by atoms with Gasteiger partial charge in [0.1, 0.15) is 0 Å². The Kier molecular flexibility index (Phi) is 6.98. The zero-order chi connectivity index (χ0) is 18.4. The molecule has 0 bridgehead atoms. The lowest BCUT2D eigenvalue weighted by atomic mass is 10.0. The third-order valence-corrected chi connectivity index (χ3v) is 6.10. The molecule has 1 amide bonds. The summed E-state index contributed by atoms with van der Waals surface area (Å²) in [7, 11) is -3.58. The van der Waals surface area contributed by atoms with Gasteiger partial charge in [0.25, 0.3) is 5.91 Å². The molecule has 1 aliphatic rings. The molecule has 0 atom stereocenters. The van der Waals surface area contributed by atoms with Gasteiger partial charge in [0, 0.05) is 24.7 Å². The number of hydrogen-bond acceptors (Lipinski definition) is 4. The van der Waals surface area contributed by atoms with Gasteiger partial charge in [-0.1, -0.05) is 19.9 Å². The van der Waals surface area contributed by atoms with Gasteiger partial charge in [-0.2, -0.15) is 0 Å². The Morgan fingerprint density at radius 2 is 1.96 bits per heavy atom. The van der Waals surface area contributed by atoms with Gasteiger partial charge >= 0.3 is 0 Å². The number of nitrogens with one attached hydrogen (secondary N) is 2. The summed E-state index contributed by atoms with van der Waals surface area (Å²) in [6.07, 6.45) is 2.74. The van der Waals surface area contributed by atoms with Crippen LogP contribution in [0.15, 0.2) is 23.1 Å². The number of carbonyl (C=O) groups is 1. The van der Waals surface area contributed by atoms with E-state index in [1.54, 1.807) is 19.1 Å². The second-order valence-electron chi connectivity index (χ2n) is 6.46. The van der Waals surface area contributed by atoms with Crippen molar-refractivity contribution in [1.29, 1.82) is 0 Å². The van der Waals surface area contributed by atoms with Crippen LogP contribution in [0.1, 0.15) is 49.0 Å². The predicted octanol–water partition coefficient (Wildman–Crippen LogP) is 1.90. The van der Waals surface area contributed by atoms with Crippen LogP contribution in [-0.2, 0) is 10.0 Å². The Morgan fingerprint density at radius 1 is 1.28 bits per heavy atom. The van der Waals surface area contributed by atoms with Crippen LogP contribution in [0, 0.1) is 6.92 Å². The molecule has 1 heterocycles. The number of piperidine rings is 1. The summed E-state index contributed by atoms with van der Waals surface area (Å²) in [4.78, 5) is 15.2. The van der Waals surface area contributed by atoms with Crippen molar-refractivity contribution in [2.75, 3.05) is 26.2 Å². The van der Waals surface area contributed by atoms with Crippen LogP contribution >= 0.6 is 0 Å². The second-order valence-corrected chi connectivity index (χ2v) is 8.22. The fourth-order valence-electron chi connectivity index (χ4n) is 3.24. The first-order chi connectivity index (χ1) is 11.9. The summed E-state index contributed by atoms with van der Waals surface area (Å²) in [5.74, 6) is -0.0696. The van der Waals surface area contributed by atoms with E-state index in [-0.39, 0.29) is 16.8 Å². The largest absolute Gasteiger partial charge is 0.336 e. The molecule has 1 aliphatic heterocycles. The minimum Gasteiger partial charge on any atom is -0.336 e. The minimum atomic E-state index is -3.58. The molecule has 1 fully saturated rings. The number of nitrogens with zero attached hydrogens (tertiary/aromatic N) is 1. The molecule has 2 rings (SSSR count). The highest BCUT2D eigenvalue weighted by Gasteiger charge is 2.27. The third-order valence-electron chi connectivity index (χ3n) is 4.56. The molecule has 1 aromatic carbocycles. The monoisotopic (exact) mass is 367 g/mol. The molecule has 7 heteroatoms. The van der Waals surface area contributed by atoms with Crippen LogP contribution in [0.3, 0.4) is 0 Å². The minimum absolute atomic E-state index is 0.0696. The second kappa shape index (κ2) is 8.78. The Balaban J connectivity index is 2.35. The quantitative estimate of drug-likeness (QED) is 0.771. The molecule has 0 unspecified atom stereocenters. The maximum Gasteiger partial charge on any atom is 0.254 e. The summed E-state index contributed by atoms with van der Waals surface area (Å²) < 4.78 is 27.0.